The minimum atomic E-state index is 0. The average Bonchev–Trinajstić information content (AvgIpc) is 3.33. The minimum Gasteiger partial charge on any atom is -1.00 e. The molecule has 6 heterocycles. The number of nitrogens with zero attached hydrogens (tertiary/aromatic N) is 6. The molecule has 0 saturated heterocycles. The van der Waals surface area contributed by atoms with Gasteiger partial charge < -0.3 is 28.2 Å². The first-order valence-corrected chi connectivity index (χ1v) is 23.2. The van der Waals surface area contributed by atoms with Crippen LogP contribution in [-0.2, 0) is 39.3 Å². The van der Waals surface area contributed by atoms with E-state index in [2.05, 4.69) is 216 Å². The van der Waals surface area contributed by atoms with Crippen LogP contribution in [0.15, 0.2) is 184 Å². The molecule has 0 fully saturated rings. The summed E-state index contributed by atoms with van der Waals surface area (Å²) >= 11 is 0. The van der Waals surface area contributed by atoms with Gasteiger partial charge in [0.05, 0.1) is 0 Å². The molecule has 0 aliphatic carbocycles. The third-order valence-electron chi connectivity index (χ3n) is 9.28. The van der Waals surface area contributed by atoms with E-state index in [0.29, 0.717) is 0 Å². The standard InChI is InChI=1S/6C9H14N.6FH/c6*1-2-3-7-10-8-5-4-6-9-10;;;;;;/h6*4-6,8-9H,2-3,7H2,1H3;6*1H/q6*+1;;;;;;/p-6. The Bertz CT molecular complexity index is 1380. The Morgan fingerprint density at radius 3 is 0.379 bits per heavy atom. The Hall–Kier alpha value is -5.52. The van der Waals surface area contributed by atoms with Crippen LogP contribution in [0.3, 0.4) is 0 Å². The Balaban J connectivity index is -0.000000161. The van der Waals surface area contributed by atoms with Crippen LogP contribution in [0.25, 0.3) is 0 Å². The summed E-state index contributed by atoms with van der Waals surface area (Å²) in [6.07, 6.45) is 40.5. The highest BCUT2D eigenvalue weighted by molar-refractivity contribution is 4.86. The van der Waals surface area contributed by atoms with E-state index in [4.69, 9.17) is 0 Å². The van der Waals surface area contributed by atoms with Crippen LogP contribution in [0.2, 0.25) is 0 Å². The van der Waals surface area contributed by atoms with Crippen LogP contribution in [0.4, 0.5) is 0 Å². The minimum absolute atomic E-state index is 0. The Labute approximate surface area is 395 Å². The van der Waals surface area contributed by atoms with Crippen molar-refractivity contribution in [1.82, 2.24) is 0 Å². The van der Waals surface area contributed by atoms with Crippen molar-refractivity contribution in [3.63, 3.8) is 0 Å². The smallest absolute Gasteiger partial charge is 0.168 e. The average molecular weight is 931 g/mol. The molecular weight excluding hydrogens is 847 g/mol. The second-order valence-electron chi connectivity index (χ2n) is 14.8. The van der Waals surface area contributed by atoms with E-state index in [1.54, 1.807) is 0 Å². The molecule has 0 atom stereocenters. The molecule has 0 N–H and O–H groups in total. The third kappa shape index (κ3) is 43.7. The normalized spacial score (nSPS) is 8.82. The molecule has 372 valence electrons. The maximum Gasteiger partial charge on any atom is 0.168 e. The number of hydrogen-bond acceptors (Lipinski definition) is 0. The summed E-state index contributed by atoms with van der Waals surface area (Å²) in [5.41, 5.74) is 0. The summed E-state index contributed by atoms with van der Waals surface area (Å²) in [6, 6.07) is 37.0. The van der Waals surface area contributed by atoms with Gasteiger partial charge in [-0.25, -0.2) is 27.4 Å². The topological polar surface area (TPSA) is 23.3 Å². The molecule has 0 amide bonds. The van der Waals surface area contributed by atoms with Crippen LogP contribution < -0.4 is 55.6 Å². The summed E-state index contributed by atoms with van der Waals surface area (Å²) in [5, 5.41) is 0. The lowest BCUT2D eigenvalue weighted by Gasteiger charge is -1.91. The van der Waals surface area contributed by atoms with Crippen molar-refractivity contribution in [1.29, 1.82) is 0 Å². The second kappa shape index (κ2) is 55.6. The molecule has 0 aliphatic heterocycles. The summed E-state index contributed by atoms with van der Waals surface area (Å²) in [5.74, 6) is 0. The predicted octanol–water partition coefficient (Wildman–Crippen LogP) is -7.33. The highest BCUT2D eigenvalue weighted by Gasteiger charge is 1.97. The quantitative estimate of drug-likeness (QED) is 0.0606. The number of aromatic nitrogens is 6. The summed E-state index contributed by atoms with van der Waals surface area (Å²) in [6.45, 7) is 20.2. The first kappa shape index (κ1) is 72.1. The Kier molecular flexibility index (Phi) is 60.7. The highest BCUT2D eigenvalue weighted by Crippen LogP contribution is 1.90. The molecule has 6 aromatic rings. The number of pyridine rings is 6. The van der Waals surface area contributed by atoms with E-state index in [9.17, 15) is 0 Å². The summed E-state index contributed by atoms with van der Waals surface area (Å²) < 4.78 is 13.3. The van der Waals surface area contributed by atoms with Crippen LogP contribution in [0.5, 0.6) is 0 Å². The molecule has 0 saturated carbocycles. The van der Waals surface area contributed by atoms with Crippen molar-refractivity contribution in [2.24, 2.45) is 0 Å². The second-order valence-corrected chi connectivity index (χ2v) is 14.8. The maximum absolute atomic E-state index is 2.21. The molecule has 6 rings (SSSR count). The largest absolute Gasteiger partial charge is 1.00 e. The molecule has 0 unspecified atom stereocenters. The van der Waals surface area contributed by atoms with E-state index in [1.165, 1.54) is 77.0 Å². The van der Waals surface area contributed by atoms with Gasteiger partial charge >= 0.3 is 0 Å². The molecule has 12 heteroatoms. The first-order valence-electron chi connectivity index (χ1n) is 23.2. The lowest BCUT2D eigenvalue weighted by Crippen LogP contribution is -3.00. The van der Waals surface area contributed by atoms with Crippen molar-refractivity contribution < 1.29 is 55.6 Å². The Morgan fingerprint density at radius 1 is 0.182 bits per heavy atom. The van der Waals surface area contributed by atoms with Gasteiger partial charge in [-0.2, -0.15) is 0 Å². The first-order chi connectivity index (χ1) is 29.6. The molecule has 0 aromatic carbocycles. The van der Waals surface area contributed by atoms with Gasteiger partial charge in [0.1, 0.15) is 39.3 Å². The lowest BCUT2D eigenvalue weighted by atomic mass is 10.3. The van der Waals surface area contributed by atoms with Crippen LogP contribution in [0, 0.1) is 0 Å². The van der Waals surface area contributed by atoms with E-state index in [1.807, 2.05) is 36.4 Å². The molecule has 6 nitrogen and oxygen atoms in total. The van der Waals surface area contributed by atoms with Crippen molar-refractivity contribution >= 4 is 0 Å². The zero-order valence-electron chi connectivity index (χ0n) is 41.0. The number of hydrogen-bond donors (Lipinski definition) is 0. The number of rotatable bonds is 18. The van der Waals surface area contributed by atoms with Crippen molar-refractivity contribution in [2.75, 3.05) is 0 Å². The third-order valence-corrected chi connectivity index (χ3v) is 9.28. The fourth-order valence-corrected chi connectivity index (χ4v) is 5.54. The van der Waals surface area contributed by atoms with Crippen molar-refractivity contribution in [2.45, 2.75) is 158 Å². The number of aryl methyl sites for hydroxylation is 6. The Morgan fingerprint density at radius 2 is 0.288 bits per heavy atom. The molecule has 0 spiro atoms. The van der Waals surface area contributed by atoms with Gasteiger partial charge in [-0.1, -0.05) is 116 Å². The maximum atomic E-state index is 2.21. The van der Waals surface area contributed by atoms with Gasteiger partial charge in [0, 0.05) is 111 Å². The predicted molar refractivity (Wildman–Crippen MR) is 249 cm³/mol. The van der Waals surface area contributed by atoms with E-state index in [0.717, 1.165) is 39.3 Å². The van der Waals surface area contributed by atoms with Crippen molar-refractivity contribution in [3.05, 3.63) is 184 Å². The fraction of sp³-hybridized carbons (Fsp3) is 0.444. The summed E-state index contributed by atoms with van der Waals surface area (Å²) in [7, 11) is 0. The van der Waals surface area contributed by atoms with Crippen LogP contribution >= 0.6 is 0 Å². The highest BCUT2D eigenvalue weighted by atomic mass is 19.0. The van der Waals surface area contributed by atoms with E-state index in [-0.39, 0.29) is 28.2 Å². The molecule has 66 heavy (non-hydrogen) atoms. The van der Waals surface area contributed by atoms with Gasteiger partial charge in [-0.3, -0.25) is 0 Å². The monoisotopic (exact) mass is 931 g/mol. The zero-order chi connectivity index (χ0) is 43.4. The van der Waals surface area contributed by atoms with E-state index < -0.39 is 0 Å². The van der Waals surface area contributed by atoms with Gasteiger partial charge in [0.25, 0.3) is 0 Å². The molecule has 6 aromatic heterocycles. The van der Waals surface area contributed by atoms with Crippen LogP contribution in [0.1, 0.15) is 119 Å². The molecule has 0 bridgehead atoms. The van der Waals surface area contributed by atoms with Crippen molar-refractivity contribution in [3.8, 4) is 0 Å². The number of halogens is 6. The number of unbranched alkanes of at least 4 members (excludes halogenated alkanes) is 6. The molecular formula is C54H84F6N6. The fourth-order valence-electron chi connectivity index (χ4n) is 5.54. The summed E-state index contributed by atoms with van der Waals surface area (Å²) in [4.78, 5) is 0. The van der Waals surface area contributed by atoms with E-state index >= 15 is 0 Å². The van der Waals surface area contributed by atoms with Gasteiger partial charge in [-0.05, 0) is 0 Å². The van der Waals surface area contributed by atoms with Gasteiger partial charge in [0.2, 0.25) is 0 Å². The van der Waals surface area contributed by atoms with Crippen LogP contribution in [-0.4, -0.2) is 0 Å². The molecule has 0 aliphatic rings. The van der Waals surface area contributed by atoms with Gasteiger partial charge in [0.15, 0.2) is 74.4 Å². The SMILES string of the molecule is CCCC[n+]1ccccc1.CCCC[n+]1ccccc1.CCCC[n+]1ccccc1.CCCC[n+]1ccccc1.CCCC[n+]1ccccc1.CCCC[n+]1ccccc1.[F-].[F-].[F-].[F-].[F-].[F-]. The van der Waals surface area contributed by atoms with Gasteiger partial charge in [-0.15, -0.1) is 0 Å². The zero-order valence-corrected chi connectivity index (χ0v) is 41.0. The molecule has 0 radical (unpaired) electrons. The lowest BCUT2D eigenvalue weighted by molar-refractivity contribution is -0.697.